The highest BCUT2D eigenvalue weighted by Gasteiger charge is 1.89. The number of hydrogen-bond donors (Lipinski definition) is 2. The Kier molecular flexibility index (Phi) is 15.8. The lowest BCUT2D eigenvalue weighted by Crippen LogP contribution is -1.84. The number of hydrogen-bond acceptors (Lipinski definition) is 3. The SMILES string of the molecule is CCCCCCCCCC=CC=CC(=CC=CC=CC(=O)O)OO. The van der Waals surface area contributed by atoms with Crippen molar-refractivity contribution in [3.8, 4) is 0 Å². The maximum atomic E-state index is 10.3. The highest BCUT2D eigenvalue weighted by atomic mass is 17.1. The van der Waals surface area contributed by atoms with Crippen LogP contribution in [0, 0.1) is 0 Å². The van der Waals surface area contributed by atoms with Gasteiger partial charge in [-0.05, 0) is 25.0 Å². The maximum Gasteiger partial charge on any atom is 0.328 e. The van der Waals surface area contributed by atoms with Gasteiger partial charge in [0.25, 0.3) is 0 Å². The number of rotatable bonds is 14. The predicted molar refractivity (Wildman–Crippen MR) is 98.6 cm³/mol. The fourth-order valence-corrected chi connectivity index (χ4v) is 2.01. The zero-order valence-electron chi connectivity index (χ0n) is 14.6. The van der Waals surface area contributed by atoms with Gasteiger partial charge < -0.3 is 9.99 Å². The molecule has 4 nitrogen and oxygen atoms in total. The fourth-order valence-electron chi connectivity index (χ4n) is 2.01. The van der Waals surface area contributed by atoms with Crippen LogP contribution in [0.5, 0.6) is 0 Å². The van der Waals surface area contributed by atoms with Gasteiger partial charge in [0.05, 0.1) is 0 Å². The summed E-state index contributed by atoms with van der Waals surface area (Å²) in [6.45, 7) is 2.23. The number of unbranched alkanes of at least 4 members (excludes halogenated alkanes) is 7. The summed E-state index contributed by atoms with van der Waals surface area (Å²) < 4.78 is 0. The van der Waals surface area contributed by atoms with Gasteiger partial charge in [0.1, 0.15) is 0 Å². The molecule has 0 bridgehead atoms. The first-order valence-corrected chi connectivity index (χ1v) is 8.63. The Labute approximate surface area is 145 Å². The molecule has 0 fully saturated rings. The number of carboxylic acid groups (broad SMARTS) is 1. The molecule has 0 saturated carbocycles. The van der Waals surface area contributed by atoms with Crippen LogP contribution in [0.1, 0.15) is 58.3 Å². The van der Waals surface area contributed by atoms with Crippen molar-refractivity contribution in [3.63, 3.8) is 0 Å². The smallest absolute Gasteiger partial charge is 0.328 e. The lowest BCUT2D eigenvalue weighted by Gasteiger charge is -1.98. The molecule has 0 heterocycles. The molecule has 0 aliphatic rings. The highest BCUT2D eigenvalue weighted by molar-refractivity contribution is 5.80. The minimum Gasteiger partial charge on any atom is -0.478 e. The summed E-state index contributed by atoms with van der Waals surface area (Å²) in [5.74, 6) is -0.733. The number of allylic oxidation sites excluding steroid dienone is 8. The van der Waals surface area contributed by atoms with E-state index >= 15 is 0 Å². The standard InChI is InChI=1S/C20H30O4/c1-2-3-4-5-6-7-8-9-10-11-13-16-19(24-23)17-14-12-15-18-20(21)22/h10-18,23H,2-9H2,1H3,(H,21,22). The molecular formula is C20H30O4. The molecule has 0 amide bonds. The van der Waals surface area contributed by atoms with E-state index in [9.17, 15) is 4.79 Å². The van der Waals surface area contributed by atoms with Crippen LogP contribution in [0.15, 0.2) is 60.4 Å². The number of carboxylic acids is 1. The third-order valence-electron chi connectivity index (χ3n) is 3.31. The van der Waals surface area contributed by atoms with Gasteiger partial charge in [0.15, 0.2) is 5.76 Å². The Morgan fingerprint density at radius 3 is 2.21 bits per heavy atom. The van der Waals surface area contributed by atoms with Crippen molar-refractivity contribution in [2.24, 2.45) is 0 Å². The van der Waals surface area contributed by atoms with E-state index in [-0.39, 0.29) is 5.76 Å². The van der Waals surface area contributed by atoms with Gasteiger partial charge in [-0.25, -0.2) is 10.1 Å². The van der Waals surface area contributed by atoms with Gasteiger partial charge in [-0.3, -0.25) is 0 Å². The minimum absolute atomic E-state index is 0.274. The largest absolute Gasteiger partial charge is 0.478 e. The second-order valence-corrected chi connectivity index (χ2v) is 5.44. The van der Waals surface area contributed by atoms with Gasteiger partial charge >= 0.3 is 5.97 Å². The fraction of sp³-hybridized carbons (Fsp3) is 0.450. The van der Waals surface area contributed by atoms with Gasteiger partial charge in [0.2, 0.25) is 0 Å². The maximum absolute atomic E-state index is 10.3. The minimum atomic E-state index is -1.01. The lowest BCUT2D eigenvalue weighted by atomic mass is 10.1. The Bertz CT molecular complexity index is 456. The Hall–Kier alpha value is -2.07. The van der Waals surface area contributed by atoms with Crippen LogP contribution < -0.4 is 0 Å². The molecule has 134 valence electrons. The molecule has 0 rings (SSSR count). The zero-order valence-corrected chi connectivity index (χ0v) is 14.6. The van der Waals surface area contributed by atoms with Crippen molar-refractivity contribution in [3.05, 3.63) is 60.4 Å². The lowest BCUT2D eigenvalue weighted by molar-refractivity contribution is -0.198. The highest BCUT2D eigenvalue weighted by Crippen LogP contribution is 2.08. The Morgan fingerprint density at radius 2 is 1.54 bits per heavy atom. The summed E-state index contributed by atoms with van der Waals surface area (Å²) in [5, 5.41) is 17.2. The van der Waals surface area contributed by atoms with E-state index in [4.69, 9.17) is 10.4 Å². The van der Waals surface area contributed by atoms with Crippen molar-refractivity contribution >= 4 is 5.97 Å². The van der Waals surface area contributed by atoms with Crippen LogP contribution in [0.3, 0.4) is 0 Å². The monoisotopic (exact) mass is 334 g/mol. The van der Waals surface area contributed by atoms with E-state index in [1.807, 2.05) is 6.08 Å². The van der Waals surface area contributed by atoms with Crippen LogP contribution in [0.4, 0.5) is 0 Å². The van der Waals surface area contributed by atoms with Gasteiger partial charge in [0, 0.05) is 6.08 Å². The number of carbonyl (C=O) groups is 1. The van der Waals surface area contributed by atoms with Crippen LogP contribution >= 0.6 is 0 Å². The van der Waals surface area contributed by atoms with Crippen LogP contribution in [0.25, 0.3) is 0 Å². The van der Waals surface area contributed by atoms with Crippen molar-refractivity contribution in [1.82, 2.24) is 0 Å². The summed E-state index contributed by atoms with van der Waals surface area (Å²) in [4.78, 5) is 14.5. The molecule has 0 aromatic rings. The third-order valence-corrected chi connectivity index (χ3v) is 3.31. The topological polar surface area (TPSA) is 66.8 Å². The molecule has 0 aliphatic carbocycles. The molecule has 0 atom stereocenters. The second-order valence-electron chi connectivity index (χ2n) is 5.44. The summed E-state index contributed by atoms with van der Waals surface area (Å²) in [5.41, 5.74) is 0. The Morgan fingerprint density at radius 1 is 0.875 bits per heavy atom. The summed E-state index contributed by atoms with van der Waals surface area (Å²) in [6, 6.07) is 0. The molecule has 0 unspecified atom stereocenters. The molecule has 2 N–H and O–H groups in total. The molecule has 0 aromatic heterocycles. The van der Waals surface area contributed by atoms with Crippen molar-refractivity contribution < 1.29 is 20.0 Å². The van der Waals surface area contributed by atoms with Gasteiger partial charge in [-0.1, -0.05) is 81.9 Å². The van der Waals surface area contributed by atoms with Crippen LogP contribution in [-0.2, 0) is 9.68 Å². The van der Waals surface area contributed by atoms with Crippen molar-refractivity contribution in [2.75, 3.05) is 0 Å². The number of aliphatic carboxylic acids is 1. The molecule has 0 aromatic carbocycles. The average Bonchev–Trinajstić information content (AvgIpc) is 2.57. The summed E-state index contributed by atoms with van der Waals surface area (Å²) >= 11 is 0. The third kappa shape index (κ3) is 16.3. The zero-order chi connectivity index (χ0) is 17.9. The van der Waals surface area contributed by atoms with Crippen LogP contribution in [-0.4, -0.2) is 16.3 Å². The van der Waals surface area contributed by atoms with Crippen molar-refractivity contribution in [1.29, 1.82) is 0 Å². The van der Waals surface area contributed by atoms with E-state index in [0.717, 1.165) is 12.5 Å². The molecular weight excluding hydrogens is 304 g/mol. The summed E-state index contributed by atoms with van der Waals surface area (Å²) in [7, 11) is 0. The van der Waals surface area contributed by atoms with E-state index in [0.29, 0.717) is 0 Å². The quantitative estimate of drug-likeness (QED) is 0.105. The summed E-state index contributed by atoms with van der Waals surface area (Å²) in [6.07, 6.45) is 24.7. The van der Waals surface area contributed by atoms with E-state index in [1.165, 1.54) is 63.2 Å². The predicted octanol–water partition coefficient (Wildman–Crippen LogP) is 5.81. The Balaban J connectivity index is 3.89. The second kappa shape index (κ2) is 17.3. The van der Waals surface area contributed by atoms with Crippen molar-refractivity contribution in [2.45, 2.75) is 58.3 Å². The molecule has 4 heteroatoms. The van der Waals surface area contributed by atoms with Gasteiger partial charge in [-0.2, -0.15) is 0 Å². The molecule has 24 heavy (non-hydrogen) atoms. The van der Waals surface area contributed by atoms with Gasteiger partial charge in [-0.15, -0.1) is 0 Å². The van der Waals surface area contributed by atoms with Crippen LogP contribution in [0.2, 0.25) is 0 Å². The van der Waals surface area contributed by atoms with E-state index in [2.05, 4.69) is 17.9 Å². The van der Waals surface area contributed by atoms with E-state index in [1.54, 1.807) is 18.2 Å². The normalized spacial score (nSPS) is 13.0. The molecule has 0 saturated heterocycles. The first-order chi connectivity index (χ1) is 11.7. The first kappa shape index (κ1) is 21.9. The molecule has 0 spiro atoms. The first-order valence-electron chi connectivity index (χ1n) is 8.63. The molecule has 0 aliphatic heterocycles. The van der Waals surface area contributed by atoms with E-state index < -0.39 is 5.97 Å². The molecule has 0 radical (unpaired) electrons. The average molecular weight is 334 g/mol.